The molecule has 2 heterocycles. The Bertz CT molecular complexity index is 1450. The van der Waals surface area contributed by atoms with E-state index in [0.717, 1.165) is 0 Å². The van der Waals surface area contributed by atoms with E-state index in [1.165, 1.54) is 21.3 Å². The number of aromatic amines is 1. The number of rotatable bonds is 8. The predicted octanol–water partition coefficient (Wildman–Crippen LogP) is 3.29. The number of esters is 2. The monoisotopic (exact) mass is 475 g/mol. The molecule has 2 N–H and O–H groups in total. The number of benzene rings is 2. The van der Waals surface area contributed by atoms with Gasteiger partial charge in [-0.15, -0.1) is 0 Å². The van der Waals surface area contributed by atoms with Crippen LogP contribution in [0.15, 0.2) is 48.7 Å². The molecule has 0 spiro atoms. The first-order chi connectivity index (χ1) is 17.0. The molecule has 0 radical (unpaired) electrons. The van der Waals surface area contributed by atoms with E-state index in [1.54, 1.807) is 53.2 Å². The van der Waals surface area contributed by atoms with Gasteiger partial charge in [0.05, 0.1) is 26.9 Å². The molecule has 4 aromatic rings. The summed E-state index contributed by atoms with van der Waals surface area (Å²) in [5.74, 6) is 0.260. The maximum atomic E-state index is 12.0. The van der Waals surface area contributed by atoms with Crippen molar-refractivity contribution in [2.75, 3.05) is 33.3 Å². The van der Waals surface area contributed by atoms with Crippen LogP contribution in [0.4, 0.5) is 11.5 Å². The minimum atomic E-state index is -0.524. The Balaban J connectivity index is 1.78. The van der Waals surface area contributed by atoms with Crippen LogP contribution >= 0.6 is 0 Å². The van der Waals surface area contributed by atoms with Gasteiger partial charge in [-0.3, -0.25) is 5.10 Å². The van der Waals surface area contributed by atoms with Gasteiger partial charge in [0.2, 0.25) is 0 Å². The zero-order valence-corrected chi connectivity index (χ0v) is 19.1. The molecule has 2 aromatic heterocycles. The molecule has 0 amide bonds. The SMILES string of the molecule is COC(=O)COc1ccc(-c2nc3c(C#N)c[nH]n3c2Nc2cccc(C(=O)OC)c2)cc1OC. The Labute approximate surface area is 199 Å². The number of ether oxygens (including phenoxy) is 4. The number of imidazole rings is 1. The van der Waals surface area contributed by atoms with Crippen LogP contribution < -0.4 is 14.8 Å². The number of nitrogens with one attached hydrogen (secondary N) is 2. The highest BCUT2D eigenvalue weighted by Gasteiger charge is 2.20. The van der Waals surface area contributed by atoms with Gasteiger partial charge in [0.15, 0.2) is 29.6 Å². The Hall–Kier alpha value is -4.98. The summed E-state index contributed by atoms with van der Waals surface area (Å²) in [6.07, 6.45) is 1.55. The second-order valence-corrected chi connectivity index (χ2v) is 7.19. The molecule has 35 heavy (non-hydrogen) atoms. The third-order valence-electron chi connectivity index (χ3n) is 5.13. The molecule has 0 aliphatic heterocycles. The first kappa shape index (κ1) is 23.2. The molecular weight excluding hydrogens is 454 g/mol. The minimum absolute atomic E-state index is 0.269. The molecule has 0 bridgehead atoms. The summed E-state index contributed by atoms with van der Waals surface area (Å²) in [6, 6.07) is 14.0. The summed E-state index contributed by atoms with van der Waals surface area (Å²) < 4.78 is 22.0. The Morgan fingerprint density at radius 1 is 1.11 bits per heavy atom. The fraction of sp³-hybridized carbons (Fsp3) is 0.167. The van der Waals surface area contributed by atoms with E-state index in [-0.39, 0.29) is 6.61 Å². The zero-order chi connectivity index (χ0) is 24.9. The van der Waals surface area contributed by atoms with E-state index in [2.05, 4.69) is 26.2 Å². The van der Waals surface area contributed by atoms with Crippen molar-refractivity contribution >= 4 is 29.1 Å². The van der Waals surface area contributed by atoms with Gasteiger partial charge >= 0.3 is 11.9 Å². The number of hydrogen-bond donors (Lipinski definition) is 2. The smallest absolute Gasteiger partial charge is 0.343 e. The van der Waals surface area contributed by atoms with Gasteiger partial charge in [0, 0.05) is 17.4 Å². The van der Waals surface area contributed by atoms with Crippen LogP contribution in [0.3, 0.4) is 0 Å². The van der Waals surface area contributed by atoms with Gasteiger partial charge in [0.25, 0.3) is 0 Å². The van der Waals surface area contributed by atoms with Crippen LogP contribution in [0, 0.1) is 11.3 Å². The van der Waals surface area contributed by atoms with Crippen LogP contribution in [0.2, 0.25) is 0 Å². The van der Waals surface area contributed by atoms with E-state index in [1.807, 2.05) is 0 Å². The Kier molecular flexibility index (Phi) is 6.55. The Morgan fingerprint density at radius 2 is 1.94 bits per heavy atom. The number of H-pyrrole nitrogens is 1. The summed E-state index contributed by atoms with van der Waals surface area (Å²) in [6.45, 7) is -0.269. The number of fused-ring (bicyclic) bond motifs is 1. The average molecular weight is 475 g/mol. The quantitative estimate of drug-likeness (QED) is 0.367. The van der Waals surface area contributed by atoms with Crippen molar-refractivity contribution in [2.24, 2.45) is 0 Å². The number of carbonyl (C=O) groups is 2. The van der Waals surface area contributed by atoms with Gasteiger partial charge in [-0.2, -0.15) is 5.26 Å². The molecule has 0 atom stereocenters. The summed E-state index contributed by atoms with van der Waals surface area (Å²) in [4.78, 5) is 28.1. The average Bonchev–Trinajstić information content (AvgIpc) is 3.46. The van der Waals surface area contributed by atoms with Gasteiger partial charge in [-0.1, -0.05) is 6.07 Å². The molecule has 11 heteroatoms. The van der Waals surface area contributed by atoms with Crippen LogP contribution in [0.5, 0.6) is 11.5 Å². The number of nitriles is 1. The summed E-state index contributed by atoms with van der Waals surface area (Å²) in [5, 5.41) is 15.8. The normalized spacial score (nSPS) is 10.5. The van der Waals surface area contributed by atoms with E-state index in [4.69, 9.17) is 14.2 Å². The third kappa shape index (κ3) is 4.58. The van der Waals surface area contributed by atoms with E-state index >= 15 is 0 Å². The molecule has 0 saturated carbocycles. The number of hydrogen-bond acceptors (Lipinski definition) is 9. The Morgan fingerprint density at radius 3 is 2.66 bits per heavy atom. The lowest BCUT2D eigenvalue weighted by molar-refractivity contribution is -0.142. The minimum Gasteiger partial charge on any atom is -0.493 e. The standard InChI is InChI=1S/C24H21N5O6/c1-32-19-10-14(7-8-18(19)35-13-20(30)33-2)21-23(29-22(28-21)16(11-25)12-26-29)27-17-6-4-5-15(9-17)24(31)34-3/h4-10,12,26-27H,13H2,1-3H3. The highest BCUT2D eigenvalue weighted by Crippen LogP contribution is 2.37. The lowest BCUT2D eigenvalue weighted by Gasteiger charge is -2.12. The third-order valence-corrected chi connectivity index (χ3v) is 5.13. The maximum Gasteiger partial charge on any atom is 0.343 e. The topological polar surface area (TPSA) is 140 Å². The van der Waals surface area contributed by atoms with E-state index in [0.29, 0.717) is 51.0 Å². The van der Waals surface area contributed by atoms with Crippen molar-refractivity contribution in [3.05, 3.63) is 59.8 Å². The molecular formula is C24H21N5O6. The number of aromatic nitrogens is 3. The van der Waals surface area contributed by atoms with Gasteiger partial charge in [0.1, 0.15) is 17.3 Å². The van der Waals surface area contributed by atoms with Crippen LogP contribution in [0.25, 0.3) is 16.9 Å². The van der Waals surface area contributed by atoms with Crippen LogP contribution in [0.1, 0.15) is 15.9 Å². The van der Waals surface area contributed by atoms with Gasteiger partial charge < -0.3 is 24.3 Å². The maximum absolute atomic E-state index is 12.0. The molecule has 0 unspecified atom stereocenters. The number of carbonyl (C=O) groups excluding carboxylic acids is 2. The van der Waals surface area contributed by atoms with Crippen molar-refractivity contribution in [2.45, 2.75) is 0 Å². The summed E-state index contributed by atoms with van der Waals surface area (Å²) in [7, 11) is 4.07. The number of methoxy groups -OCH3 is 3. The first-order valence-electron chi connectivity index (χ1n) is 10.3. The van der Waals surface area contributed by atoms with Crippen molar-refractivity contribution < 1.29 is 28.5 Å². The van der Waals surface area contributed by atoms with Crippen LogP contribution in [-0.4, -0.2) is 54.5 Å². The summed E-state index contributed by atoms with van der Waals surface area (Å²) >= 11 is 0. The van der Waals surface area contributed by atoms with Crippen molar-refractivity contribution in [1.29, 1.82) is 5.26 Å². The molecule has 4 rings (SSSR count). The second kappa shape index (κ2) is 9.88. The zero-order valence-electron chi connectivity index (χ0n) is 19.1. The molecule has 0 aliphatic rings. The predicted molar refractivity (Wildman–Crippen MR) is 125 cm³/mol. The molecule has 178 valence electrons. The lowest BCUT2D eigenvalue weighted by Crippen LogP contribution is -2.12. The lowest BCUT2D eigenvalue weighted by atomic mass is 10.1. The second-order valence-electron chi connectivity index (χ2n) is 7.19. The van der Waals surface area contributed by atoms with Crippen molar-refractivity contribution in [1.82, 2.24) is 14.6 Å². The molecule has 0 aliphatic carbocycles. The molecule has 11 nitrogen and oxygen atoms in total. The largest absolute Gasteiger partial charge is 0.493 e. The number of anilines is 2. The fourth-order valence-corrected chi connectivity index (χ4v) is 3.43. The van der Waals surface area contributed by atoms with Crippen molar-refractivity contribution in [3.63, 3.8) is 0 Å². The van der Waals surface area contributed by atoms with E-state index < -0.39 is 11.9 Å². The molecule has 2 aromatic carbocycles. The van der Waals surface area contributed by atoms with E-state index in [9.17, 15) is 14.9 Å². The molecule has 0 saturated heterocycles. The molecule has 0 fully saturated rings. The van der Waals surface area contributed by atoms with Gasteiger partial charge in [-0.25, -0.2) is 19.1 Å². The highest BCUT2D eigenvalue weighted by molar-refractivity contribution is 5.91. The van der Waals surface area contributed by atoms with Crippen molar-refractivity contribution in [3.8, 4) is 28.8 Å². The van der Waals surface area contributed by atoms with Crippen LogP contribution in [-0.2, 0) is 14.3 Å². The van der Waals surface area contributed by atoms with Gasteiger partial charge in [-0.05, 0) is 36.4 Å². The fourth-order valence-electron chi connectivity index (χ4n) is 3.43. The number of nitrogens with zero attached hydrogens (tertiary/aromatic N) is 3. The first-order valence-corrected chi connectivity index (χ1v) is 10.3. The highest BCUT2D eigenvalue weighted by atomic mass is 16.6. The summed E-state index contributed by atoms with van der Waals surface area (Å²) in [5.41, 5.74) is 2.91.